The second-order valence-corrected chi connectivity index (χ2v) is 9.96. The van der Waals surface area contributed by atoms with Crippen LogP contribution in [-0.4, -0.2) is 46.9 Å². The van der Waals surface area contributed by atoms with E-state index in [2.05, 4.69) is 16.6 Å². The van der Waals surface area contributed by atoms with Crippen LogP contribution in [0.15, 0.2) is 42.5 Å². The molecule has 2 aromatic carbocycles. The summed E-state index contributed by atoms with van der Waals surface area (Å²) in [6.45, 7) is 8.44. The number of halogens is 1. The van der Waals surface area contributed by atoms with Gasteiger partial charge < -0.3 is 26.0 Å². The Bertz CT molecular complexity index is 1230. The van der Waals surface area contributed by atoms with E-state index >= 15 is 0 Å². The molecule has 0 spiro atoms. The van der Waals surface area contributed by atoms with E-state index in [0.717, 1.165) is 0 Å². The summed E-state index contributed by atoms with van der Waals surface area (Å²) in [4.78, 5) is 53.1. The van der Waals surface area contributed by atoms with Gasteiger partial charge in [-0.25, -0.2) is 4.79 Å². The summed E-state index contributed by atoms with van der Waals surface area (Å²) in [5, 5.41) is 5.54. The predicted molar refractivity (Wildman–Crippen MR) is 146 cm³/mol. The molecule has 10 heteroatoms. The number of primary amides is 1. The molecule has 0 radical (unpaired) electrons. The minimum atomic E-state index is -1.39. The quantitative estimate of drug-likeness (QED) is 0.415. The number of anilines is 1. The highest BCUT2D eigenvalue weighted by Gasteiger charge is 2.37. The van der Waals surface area contributed by atoms with E-state index in [1.54, 1.807) is 77.1 Å². The Morgan fingerprint density at radius 3 is 2.34 bits per heavy atom. The Labute approximate surface area is 228 Å². The summed E-state index contributed by atoms with van der Waals surface area (Å²) in [7, 11) is 0. The molecule has 0 saturated carbocycles. The number of ether oxygens (including phenoxy) is 1. The molecule has 4 N–H and O–H groups in total. The number of rotatable bonds is 9. The fraction of sp³-hybridized carbons (Fsp3) is 0.357. The summed E-state index contributed by atoms with van der Waals surface area (Å²) in [5.41, 5.74) is 6.39. The molecule has 4 amide bonds. The van der Waals surface area contributed by atoms with Gasteiger partial charge in [-0.15, -0.1) is 6.42 Å². The molecule has 0 aliphatic carbocycles. The molecular formula is C28H33ClN4O5. The molecule has 38 heavy (non-hydrogen) atoms. The summed E-state index contributed by atoms with van der Waals surface area (Å²) < 4.78 is 5.25. The van der Waals surface area contributed by atoms with Crippen LogP contribution >= 0.6 is 11.6 Å². The number of benzene rings is 2. The van der Waals surface area contributed by atoms with Crippen LogP contribution in [0.4, 0.5) is 10.5 Å². The maximum atomic E-state index is 13.8. The number of nitrogens with one attached hydrogen (secondary N) is 2. The highest BCUT2D eigenvalue weighted by Crippen LogP contribution is 2.30. The lowest BCUT2D eigenvalue weighted by atomic mass is 9.97. The largest absolute Gasteiger partial charge is 0.444 e. The lowest BCUT2D eigenvalue weighted by Crippen LogP contribution is -2.53. The van der Waals surface area contributed by atoms with Gasteiger partial charge in [0.05, 0.1) is 17.1 Å². The van der Waals surface area contributed by atoms with Crippen LogP contribution in [0.5, 0.6) is 0 Å². The molecule has 2 atom stereocenters. The van der Waals surface area contributed by atoms with E-state index in [9.17, 15) is 19.2 Å². The average molecular weight is 541 g/mol. The van der Waals surface area contributed by atoms with E-state index in [4.69, 9.17) is 28.5 Å². The zero-order valence-corrected chi connectivity index (χ0v) is 22.9. The van der Waals surface area contributed by atoms with Crippen molar-refractivity contribution >= 4 is 41.1 Å². The first-order chi connectivity index (χ1) is 17.8. The number of hydrogen-bond acceptors (Lipinski definition) is 5. The summed E-state index contributed by atoms with van der Waals surface area (Å²) in [5.74, 6) is 0.409. The molecule has 0 aliphatic rings. The number of terminal acetylenes is 1. The monoisotopic (exact) mass is 540 g/mol. The molecule has 0 saturated heterocycles. The molecule has 9 nitrogen and oxygen atoms in total. The summed E-state index contributed by atoms with van der Waals surface area (Å²) in [6, 6.07) is 9.22. The minimum Gasteiger partial charge on any atom is -0.444 e. The Morgan fingerprint density at radius 2 is 1.79 bits per heavy atom. The molecule has 0 aromatic heterocycles. The zero-order valence-electron chi connectivity index (χ0n) is 22.1. The van der Waals surface area contributed by atoms with Gasteiger partial charge >= 0.3 is 6.09 Å². The van der Waals surface area contributed by atoms with Crippen molar-refractivity contribution in [1.82, 2.24) is 10.2 Å². The highest BCUT2D eigenvalue weighted by molar-refractivity contribution is 6.34. The maximum absolute atomic E-state index is 13.8. The second kappa shape index (κ2) is 13.0. The third-order valence-electron chi connectivity index (χ3n) is 5.46. The van der Waals surface area contributed by atoms with Gasteiger partial charge in [-0.3, -0.25) is 14.4 Å². The van der Waals surface area contributed by atoms with Crippen molar-refractivity contribution in [2.45, 2.75) is 58.7 Å². The zero-order chi connectivity index (χ0) is 28.6. The Kier molecular flexibility index (Phi) is 10.3. The van der Waals surface area contributed by atoms with Crippen molar-refractivity contribution in [3.05, 3.63) is 64.2 Å². The average Bonchev–Trinajstić information content (AvgIpc) is 2.82. The lowest BCUT2D eigenvalue weighted by molar-refractivity contribution is -0.141. The number of alkyl carbamates (subject to hydrolysis) is 1. The van der Waals surface area contributed by atoms with Crippen molar-refractivity contribution < 1.29 is 23.9 Å². The van der Waals surface area contributed by atoms with Gasteiger partial charge in [0, 0.05) is 12.1 Å². The van der Waals surface area contributed by atoms with Crippen LogP contribution in [0, 0.1) is 19.3 Å². The van der Waals surface area contributed by atoms with Gasteiger partial charge in [-0.2, -0.15) is 0 Å². The van der Waals surface area contributed by atoms with E-state index in [-0.39, 0.29) is 6.54 Å². The van der Waals surface area contributed by atoms with Gasteiger partial charge in [0.2, 0.25) is 11.8 Å². The van der Waals surface area contributed by atoms with Crippen LogP contribution in [0.1, 0.15) is 56.8 Å². The van der Waals surface area contributed by atoms with Gasteiger partial charge in [-0.1, -0.05) is 47.9 Å². The number of aryl methyl sites for hydroxylation is 1. The molecular weight excluding hydrogens is 508 g/mol. The molecule has 2 aromatic rings. The normalized spacial score (nSPS) is 12.4. The van der Waals surface area contributed by atoms with Crippen LogP contribution in [0.25, 0.3) is 0 Å². The van der Waals surface area contributed by atoms with Crippen LogP contribution in [0.3, 0.4) is 0 Å². The van der Waals surface area contributed by atoms with Gasteiger partial charge in [0.1, 0.15) is 17.7 Å². The first kappa shape index (κ1) is 30.2. The summed E-state index contributed by atoms with van der Waals surface area (Å²) in [6.07, 6.45) is 4.29. The van der Waals surface area contributed by atoms with Crippen LogP contribution < -0.4 is 16.4 Å². The number of carbonyl (C=O) groups is 4. The van der Waals surface area contributed by atoms with E-state index < -0.39 is 47.9 Å². The number of carbonyl (C=O) groups excluding carboxylic acids is 4. The molecule has 2 rings (SSSR count). The SMILES string of the molecule is C#Cc1ccccc1C(C(=O)Nc1c(C)cccc1Cl)N(CC)C(=O)C(CC(N)=O)NC(=O)OC(C)(C)C. The van der Waals surface area contributed by atoms with Crippen LogP contribution in [0.2, 0.25) is 5.02 Å². The fourth-order valence-corrected chi connectivity index (χ4v) is 4.09. The molecule has 0 bridgehead atoms. The number of para-hydroxylation sites is 1. The van der Waals surface area contributed by atoms with Crippen molar-refractivity contribution in [2.75, 3.05) is 11.9 Å². The van der Waals surface area contributed by atoms with Crippen molar-refractivity contribution in [2.24, 2.45) is 5.73 Å². The van der Waals surface area contributed by atoms with Gasteiger partial charge in [-0.05, 0) is 57.9 Å². The number of likely N-dealkylation sites (N-methyl/N-ethyl adjacent to an activating group) is 1. The van der Waals surface area contributed by atoms with E-state index in [0.29, 0.717) is 27.4 Å². The molecule has 202 valence electrons. The second-order valence-electron chi connectivity index (χ2n) is 9.55. The van der Waals surface area contributed by atoms with Crippen molar-refractivity contribution in [1.29, 1.82) is 0 Å². The molecule has 0 fully saturated rings. The maximum Gasteiger partial charge on any atom is 0.408 e. The Morgan fingerprint density at radius 1 is 1.13 bits per heavy atom. The van der Waals surface area contributed by atoms with E-state index in [1.165, 1.54) is 4.90 Å². The Hall–Kier alpha value is -4.03. The smallest absolute Gasteiger partial charge is 0.408 e. The first-order valence-electron chi connectivity index (χ1n) is 12.0. The highest BCUT2D eigenvalue weighted by atomic mass is 35.5. The van der Waals surface area contributed by atoms with Gasteiger partial charge in [0.15, 0.2) is 0 Å². The summed E-state index contributed by atoms with van der Waals surface area (Å²) >= 11 is 6.34. The Balaban J connectivity index is 2.57. The lowest BCUT2D eigenvalue weighted by Gasteiger charge is -2.34. The molecule has 2 unspecified atom stereocenters. The first-order valence-corrected chi connectivity index (χ1v) is 12.4. The molecule has 0 aliphatic heterocycles. The van der Waals surface area contributed by atoms with Crippen LogP contribution in [-0.2, 0) is 19.1 Å². The number of nitrogens with two attached hydrogens (primary N) is 1. The minimum absolute atomic E-state index is 0.0303. The van der Waals surface area contributed by atoms with Crippen molar-refractivity contribution in [3.63, 3.8) is 0 Å². The molecule has 0 heterocycles. The number of nitrogens with zero attached hydrogens (tertiary/aromatic N) is 1. The fourth-order valence-electron chi connectivity index (χ4n) is 3.82. The topological polar surface area (TPSA) is 131 Å². The third-order valence-corrected chi connectivity index (χ3v) is 5.77. The predicted octanol–water partition coefficient (Wildman–Crippen LogP) is 3.93. The van der Waals surface area contributed by atoms with Gasteiger partial charge in [0.25, 0.3) is 5.91 Å². The van der Waals surface area contributed by atoms with E-state index in [1.807, 2.05) is 0 Å². The number of hydrogen-bond donors (Lipinski definition) is 3. The standard InChI is InChI=1S/C28H33ClN4O5/c1-7-18-13-9-10-14-19(18)24(25(35)32-23-17(3)12-11-15-20(23)29)33(8-2)26(36)21(16-22(30)34)31-27(37)38-28(4,5)6/h1,9-15,21,24H,8,16H2,2-6H3,(H2,30,34)(H,31,37)(H,32,35). The third kappa shape index (κ3) is 7.98. The van der Waals surface area contributed by atoms with Crippen molar-refractivity contribution in [3.8, 4) is 12.3 Å². The number of amides is 4.